The van der Waals surface area contributed by atoms with Gasteiger partial charge in [-0.25, -0.2) is 0 Å². The Morgan fingerprint density at radius 2 is 1.74 bits per heavy atom. The van der Waals surface area contributed by atoms with Gasteiger partial charge in [-0.2, -0.15) is 26.9 Å². The van der Waals surface area contributed by atoms with Gasteiger partial charge < -0.3 is 14.0 Å². The lowest BCUT2D eigenvalue weighted by Crippen LogP contribution is -2.17. The van der Waals surface area contributed by atoms with Crippen molar-refractivity contribution in [3.8, 4) is 22.9 Å². The Balaban J connectivity index is 1.65. The lowest BCUT2D eigenvalue weighted by atomic mass is 10.1. The minimum absolute atomic E-state index is 0.0780. The van der Waals surface area contributed by atoms with Crippen molar-refractivity contribution in [3.63, 3.8) is 0 Å². The first-order chi connectivity index (χ1) is 14.7. The van der Waals surface area contributed by atoms with Gasteiger partial charge in [0.25, 0.3) is 0 Å². The fraction of sp³-hybridized carbons (Fsp3) is 0.300. The van der Waals surface area contributed by atoms with E-state index in [-0.39, 0.29) is 29.8 Å². The van der Waals surface area contributed by atoms with E-state index in [4.69, 9.17) is 9.26 Å². The highest BCUT2D eigenvalue weighted by Crippen LogP contribution is 2.31. The molecule has 0 radical (unpaired) electrons. The zero-order chi connectivity index (χ0) is 22.6. The highest BCUT2D eigenvalue weighted by Gasteiger charge is 2.30. The van der Waals surface area contributed by atoms with Crippen LogP contribution in [0.3, 0.4) is 0 Å². The number of alkyl halides is 5. The van der Waals surface area contributed by atoms with Gasteiger partial charge in [0.2, 0.25) is 11.7 Å². The molecule has 1 aromatic heterocycles. The van der Waals surface area contributed by atoms with Crippen molar-refractivity contribution >= 4 is 0 Å². The standard InChI is InChI=1S/C20H18F5N3O3/c1-28(10-12-3-8-15(29-2)16(9-12)30-19(21)22)11-17-26-18(27-31-17)13-4-6-14(7-5-13)20(23,24)25/h3-9,19H,10-11H2,1-2H3. The van der Waals surface area contributed by atoms with E-state index in [1.165, 1.54) is 31.4 Å². The number of methoxy groups -OCH3 is 1. The smallest absolute Gasteiger partial charge is 0.416 e. The molecule has 3 aromatic rings. The minimum Gasteiger partial charge on any atom is -0.493 e. The Morgan fingerprint density at radius 1 is 1.03 bits per heavy atom. The predicted molar refractivity (Wildman–Crippen MR) is 99.5 cm³/mol. The summed E-state index contributed by atoms with van der Waals surface area (Å²) in [5, 5.41) is 3.79. The van der Waals surface area contributed by atoms with Gasteiger partial charge in [-0.05, 0) is 36.9 Å². The number of hydrogen-bond donors (Lipinski definition) is 0. The molecular formula is C20H18F5N3O3. The molecule has 0 spiro atoms. The lowest BCUT2D eigenvalue weighted by Gasteiger charge is -2.16. The molecule has 1 heterocycles. The lowest BCUT2D eigenvalue weighted by molar-refractivity contribution is -0.137. The second-order valence-corrected chi connectivity index (χ2v) is 6.62. The van der Waals surface area contributed by atoms with Gasteiger partial charge in [0.1, 0.15) is 0 Å². The Bertz CT molecular complexity index is 1010. The van der Waals surface area contributed by atoms with Crippen LogP contribution in [0.15, 0.2) is 47.0 Å². The van der Waals surface area contributed by atoms with Crippen LogP contribution < -0.4 is 9.47 Å². The monoisotopic (exact) mass is 443 g/mol. The molecule has 0 saturated heterocycles. The maximum Gasteiger partial charge on any atom is 0.416 e. The third-order valence-corrected chi connectivity index (χ3v) is 4.24. The molecule has 0 amide bonds. The molecule has 0 unspecified atom stereocenters. The number of rotatable bonds is 8. The van der Waals surface area contributed by atoms with Crippen LogP contribution in [0.2, 0.25) is 0 Å². The number of aromatic nitrogens is 2. The van der Waals surface area contributed by atoms with E-state index in [1.807, 2.05) is 0 Å². The van der Waals surface area contributed by atoms with Crippen LogP contribution in [-0.2, 0) is 19.3 Å². The minimum atomic E-state index is -4.43. The summed E-state index contributed by atoms with van der Waals surface area (Å²) < 4.78 is 77.8. The fourth-order valence-electron chi connectivity index (χ4n) is 2.85. The first kappa shape index (κ1) is 22.5. The van der Waals surface area contributed by atoms with E-state index in [9.17, 15) is 22.0 Å². The van der Waals surface area contributed by atoms with E-state index in [0.29, 0.717) is 17.7 Å². The van der Waals surface area contributed by atoms with E-state index in [1.54, 1.807) is 18.0 Å². The molecule has 166 valence electrons. The van der Waals surface area contributed by atoms with Gasteiger partial charge in [-0.3, -0.25) is 4.90 Å². The summed E-state index contributed by atoms with van der Waals surface area (Å²) in [6, 6.07) is 9.10. The number of halogens is 5. The molecule has 11 heteroatoms. The van der Waals surface area contributed by atoms with E-state index < -0.39 is 18.4 Å². The number of ether oxygens (including phenoxy) is 2. The Morgan fingerprint density at radius 3 is 2.35 bits per heavy atom. The van der Waals surface area contributed by atoms with Gasteiger partial charge in [0.05, 0.1) is 19.2 Å². The summed E-state index contributed by atoms with van der Waals surface area (Å²) in [5.41, 5.74) is 0.297. The third-order valence-electron chi connectivity index (χ3n) is 4.24. The molecule has 0 bridgehead atoms. The molecule has 3 rings (SSSR count). The first-order valence-electron chi connectivity index (χ1n) is 8.96. The highest BCUT2D eigenvalue weighted by molar-refractivity contribution is 5.54. The second kappa shape index (κ2) is 9.29. The first-order valence-corrected chi connectivity index (χ1v) is 8.96. The number of nitrogens with zero attached hydrogens (tertiary/aromatic N) is 3. The van der Waals surface area contributed by atoms with Crippen LogP contribution in [0.25, 0.3) is 11.4 Å². The molecule has 6 nitrogen and oxygen atoms in total. The summed E-state index contributed by atoms with van der Waals surface area (Å²) in [4.78, 5) is 5.98. The van der Waals surface area contributed by atoms with Crippen molar-refractivity contribution in [2.24, 2.45) is 0 Å². The SMILES string of the molecule is COc1ccc(CN(C)Cc2nc(-c3ccc(C(F)(F)F)cc3)no2)cc1OC(F)F. The molecule has 0 aliphatic rings. The maximum absolute atomic E-state index is 12.7. The number of hydrogen-bond acceptors (Lipinski definition) is 6. The molecule has 31 heavy (non-hydrogen) atoms. The molecule has 0 atom stereocenters. The molecule has 0 fully saturated rings. The summed E-state index contributed by atoms with van der Waals surface area (Å²) in [6.45, 7) is -2.41. The van der Waals surface area contributed by atoms with Crippen molar-refractivity contribution in [1.82, 2.24) is 15.0 Å². The van der Waals surface area contributed by atoms with Gasteiger partial charge in [0, 0.05) is 12.1 Å². The van der Waals surface area contributed by atoms with Crippen LogP contribution >= 0.6 is 0 Å². The van der Waals surface area contributed by atoms with Gasteiger partial charge in [-0.15, -0.1) is 0 Å². The quantitative estimate of drug-likeness (QED) is 0.457. The van der Waals surface area contributed by atoms with E-state index in [0.717, 1.165) is 12.1 Å². The fourth-order valence-corrected chi connectivity index (χ4v) is 2.85. The van der Waals surface area contributed by atoms with Crippen molar-refractivity contribution in [1.29, 1.82) is 0 Å². The summed E-state index contributed by atoms with van der Waals surface area (Å²) in [7, 11) is 3.10. The van der Waals surface area contributed by atoms with Gasteiger partial charge in [0.15, 0.2) is 11.5 Å². The predicted octanol–water partition coefficient (Wildman–Crippen LogP) is 5.00. The van der Waals surface area contributed by atoms with Crippen LogP contribution in [0, 0.1) is 0 Å². The van der Waals surface area contributed by atoms with Crippen LogP contribution in [0.5, 0.6) is 11.5 Å². The largest absolute Gasteiger partial charge is 0.493 e. The van der Waals surface area contributed by atoms with Gasteiger partial charge >= 0.3 is 12.8 Å². The third kappa shape index (κ3) is 5.91. The highest BCUT2D eigenvalue weighted by atomic mass is 19.4. The molecule has 0 N–H and O–H groups in total. The molecular weight excluding hydrogens is 425 g/mol. The van der Waals surface area contributed by atoms with Crippen molar-refractivity contribution < 1.29 is 35.9 Å². The van der Waals surface area contributed by atoms with Crippen LogP contribution in [-0.4, -0.2) is 35.8 Å². The van der Waals surface area contributed by atoms with Crippen molar-refractivity contribution in [2.45, 2.75) is 25.9 Å². The summed E-state index contributed by atoms with van der Waals surface area (Å²) in [6.07, 6.45) is -4.43. The topological polar surface area (TPSA) is 60.6 Å². The molecule has 0 saturated carbocycles. The van der Waals surface area contributed by atoms with E-state index in [2.05, 4.69) is 14.9 Å². The molecule has 2 aromatic carbocycles. The molecule has 0 aliphatic heterocycles. The van der Waals surface area contributed by atoms with Crippen molar-refractivity contribution in [2.75, 3.05) is 14.2 Å². The number of benzene rings is 2. The molecule has 0 aliphatic carbocycles. The second-order valence-electron chi connectivity index (χ2n) is 6.62. The Labute approximate surface area is 174 Å². The zero-order valence-electron chi connectivity index (χ0n) is 16.5. The Kier molecular flexibility index (Phi) is 6.74. The average molecular weight is 443 g/mol. The average Bonchev–Trinajstić information content (AvgIpc) is 3.15. The van der Waals surface area contributed by atoms with Crippen molar-refractivity contribution in [3.05, 3.63) is 59.5 Å². The normalized spacial score (nSPS) is 11.9. The maximum atomic E-state index is 12.7. The Hall–Kier alpha value is -3.21. The van der Waals surface area contributed by atoms with Gasteiger partial charge in [-0.1, -0.05) is 23.4 Å². The zero-order valence-corrected chi connectivity index (χ0v) is 16.5. The summed E-state index contributed by atoms with van der Waals surface area (Å²) >= 11 is 0. The summed E-state index contributed by atoms with van der Waals surface area (Å²) in [5.74, 6) is 0.514. The van der Waals surface area contributed by atoms with Crippen LogP contribution in [0.4, 0.5) is 22.0 Å². The van der Waals surface area contributed by atoms with Crippen LogP contribution in [0.1, 0.15) is 17.0 Å². The van der Waals surface area contributed by atoms with E-state index >= 15 is 0 Å².